The predicted molar refractivity (Wildman–Crippen MR) is 77.7 cm³/mol. The summed E-state index contributed by atoms with van der Waals surface area (Å²) in [6.07, 6.45) is 3.35. The van der Waals surface area contributed by atoms with Gasteiger partial charge in [-0.05, 0) is 37.1 Å². The standard InChI is InChI=1S/C14H17N3O2S/c15-11-4-3-9-17(10-11)20(18,19)14-7-1-6-13-12(14)5-2-8-16-13/h1-2,5-8,11H,3-4,9-10,15H2. The molecule has 0 bridgehead atoms. The van der Waals surface area contributed by atoms with Crippen LogP contribution in [0.3, 0.4) is 0 Å². The highest BCUT2D eigenvalue weighted by molar-refractivity contribution is 7.89. The number of nitrogens with two attached hydrogens (primary N) is 1. The number of hydrogen-bond donors (Lipinski definition) is 1. The van der Waals surface area contributed by atoms with Crippen LogP contribution >= 0.6 is 0 Å². The molecule has 1 aromatic carbocycles. The molecule has 0 radical (unpaired) electrons. The van der Waals surface area contributed by atoms with E-state index in [0.29, 0.717) is 28.9 Å². The lowest BCUT2D eigenvalue weighted by molar-refractivity contribution is 0.316. The number of piperidine rings is 1. The Morgan fingerprint density at radius 3 is 2.90 bits per heavy atom. The van der Waals surface area contributed by atoms with Gasteiger partial charge in [0.05, 0.1) is 10.4 Å². The number of sulfonamides is 1. The average molecular weight is 291 g/mol. The summed E-state index contributed by atoms with van der Waals surface area (Å²) >= 11 is 0. The van der Waals surface area contributed by atoms with Gasteiger partial charge in [0, 0.05) is 30.7 Å². The number of rotatable bonds is 2. The Morgan fingerprint density at radius 1 is 1.25 bits per heavy atom. The van der Waals surface area contributed by atoms with Crippen molar-refractivity contribution in [2.45, 2.75) is 23.8 Å². The molecule has 1 aromatic heterocycles. The molecule has 5 nitrogen and oxygen atoms in total. The van der Waals surface area contributed by atoms with Crippen LogP contribution in [0.5, 0.6) is 0 Å². The van der Waals surface area contributed by atoms with Gasteiger partial charge in [0.2, 0.25) is 10.0 Å². The Labute approximate surface area is 118 Å². The van der Waals surface area contributed by atoms with Crippen LogP contribution in [0.4, 0.5) is 0 Å². The molecule has 2 N–H and O–H groups in total. The zero-order valence-corrected chi connectivity index (χ0v) is 11.9. The highest BCUT2D eigenvalue weighted by Crippen LogP contribution is 2.26. The summed E-state index contributed by atoms with van der Waals surface area (Å²) in [6.45, 7) is 0.922. The second-order valence-corrected chi connectivity index (χ2v) is 7.00. The first kappa shape index (κ1) is 13.5. The maximum atomic E-state index is 12.8. The SMILES string of the molecule is NC1CCCN(S(=O)(=O)c2cccc3ncccc23)C1. The van der Waals surface area contributed by atoms with Crippen LogP contribution in [0.2, 0.25) is 0 Å². The molecule has 1 saturated heterocycles. The van der Waals surface area contributed by atoms with Gasteiger partial charge in [-0.3, -0.25) is 4.98 Å². The lowest BCUT2D eigenvalue weighted by Gasteiger charge is -2.30. The maximum absolute atomic E-state index is 12.8. The number of hydrogen-bond acceptors (Lipinski definition) is 4. The van der Waals surface area contributed by atoms with Crippen molar-refractivity contribution in [2.75, 3.05) is 13.1 Å². The van der Waals surface area contributed by atoms with E-state index in [0.717, 1.165) is 12.8 Å². The number of pyridine rings is 1. The second kappa shape index (κ2) is 5.12. The summed E-state index contributed by atoms with van der Waals surface area (Å²) in [6, 6.07) is 8.65. The zero-order chi connectivity index (χ0) is 14.2. The molecule has 0 aliphatic carbocycles. The number of fused-ring (bicyclic) bond motifs is 1. The predicted octanol–water partition coefficient (Wildman–Crippen LogP) is 1.35. The van der Waals surface area contributed by atoms with E-state index in [9.17, 15) is 8.42 Å². The van der Waals surface area contributed by atoms with Crippen molar-refractivity contribution in [3.05, 3.63) is 36.5 Å². The molecule has 1 unspecified atom stereocenters. The average Bonchev–Trinajstić information content (AvgIpc) is 2.46. The second-order valence-electron chi connectivity index (χ2n) is 5.09. The molecule has 6 heteroatoms. The Balaban J connectivity index is 2.09. The first-order valence-electron chi connectivity index (χ1n) is 6.68. The van der Waals surface area contributed by atoms with Crippen molar-refractivity contribution in [3.63, 3.8) is 0 Å². The van der Waals surface area contributed by atoms with Gasteiger partial charge in [0.15, 0.2) is 0 Å². The van der Waals surface area contributed by atoms with Gasteiger partial charge in [-0.25, -0.2) is 8.42 Å². The third kappa shape index (κ3) is 2.30. The first-order chi connectivity index (χ1) is 9.59. The Bertz CT molecular complexity index is 725. The molecule has 2 heterocycles. The van der Waals surface area contributed by atoms with E-state index in [1.807, 2.05) is 6.07 Å². The summed E-state index contributed by atoms with van der Waals surface area (Å²) < 4.78 is 27.1. The summed E-state index contributed by atoms with van der Waals surface area (Å²) in [7, 11) is -3.51. The summed E-state index contributed by atoms with van der Waals surface area (Å²) in [4.78, 5) is 4.52. The normalized spacial score (nSPS) is 21.1. The zero-order valence-electron chi connectivity index (χ0n) is 11.1. The fourth-order valence-electron chi connectivity index (χ4n) is 2.63. The lowest BCUT2D eigenvalue weighted by atomic mass is 10.1. The molecule has 0 amide bonds. The van der Waals surface area contributed by atoms with E-state index < -0.39 is 10.0 Å². The third-order valence-corrected chi connectivity index (χ3v) is 5.57. The summed E-state index contributed by atoms with van der Waals surface area (Å²) in [5.41, 5.74) is 6.58. The van der Waals surface area contributed by atoms with Crippen LogP contribution in [0.25, 0.3) is 10.9 Å². The van der Waals surface area contributed by atoms with E-state index in [2.05, 4.69) is 4.98 Å². The van der Waals surface area contributed by atoms with Crippen molar-refractivity contribution in [1.29, 1.82) is 0 Å². The van der Waals surface area contributed by atoms with Crippen LogP contribution < -0.4 is 5.73 Å². The van der Waals surface area contributed by atoms with E-state index in [4.69, 9.17) is 5.73 Å². The molecule has 3 rings (SSSR count). The fraction of sp³-hybridized carbons (Fsp3) is 0.357. The van der Waals surface area contributed by atoms with Crippen LogP contribution in [0.1, 0.15) is 12.8 Å². The third-order valence-electron chi connectivity index (χ3n) is 3.64. The topological polar surface area (TPSA) is 76.3 Å². The van der Waals surface area contributed by atoms with Crippen LogP contribution in [0.15, 0.2) is 41.4 Å². The molecule has 0 saturated carbocycles. The van der Waals surface area contributed by atoms with Crippen LogP contribution in [0, 0.1) is 0 Å². The Kier molecular flexibility index (Phi) is 3.45. The minimum Gasteiger partial charge on any atom is -0.327 e. The quantitative estimate of drug-likeness (QED) is 0.906. The van der Waals surface area contributed by atoms with E-state index in [1.165, 1.54) is 4.31 Å². The monoisotopic (exact) mass is 291 g/mol. The Hall–Kier alpha value is -1.50. The number of aromatic nitrogens is 1. The van der Waals surface area contributed by atoms with Crippen LogP contribution in [-0.4, -0.2) is 36.8 Å². The van der Waals surface area contributed by atoms with Gasteiger partial charge in [0.1, 0.15) is 0 Å². The molecule has 0 spiro atoms. The van der Waals surface area contributed by atoms with Gasteiger partial charge in [0.25, 0.3) is 0 Å². The van der Waals surface area contributed by atoms with Gasteiger partial charge < -0.3 is 5.73 Å². The smallest absolute Gasteiger partial charge is 0.243 e. The molecule has 1 aliphatic rings. The molecule has 1 atom stereocenters. The maximum Gasteiger partial charge on any atom is 0.243 e. The summed E-state index contributed by atoms with van der Waals surface area (Å²) in [5.74, 6) is 0. The van der Waals surface area contributed by atoms with E-state index >= 15 is 0 Å². The van der Waals surface area contributed by atoms with E-state index in [-0.39, 0.29) is 6.04 Å². The van der Waals surface area contributed by atoms with E-state index in [1.54, 1.807) is 30.5 Å². The van der Waals surface area contributed by atoms with Crippen LogP contribution in [-0.2, 0) is 10.0 Å². The molecular weight excluding hydrogens is 274 g/mol. The number of nitrogens with zero attached hydrogens (tertiary/aromatic N) is 2. The minimum atomic E-state index is -3.51. The minimum absolute atomic E-state index is 0.0772. The highest BCUT2D eigenvalue weighted by atomic mass is 32.2. The fourth-order valence-corrected chi connectivity index (χ4v) is 4.37. The van der Waals surface area contributed by atoms with Crippen molar-refractivity contribution >= 4 is 20.9 Å². The largest absolute Gasteiger partial charge is 0.327 e. The molecule has 20 heavy (non-hydrogen) atoms. The molecule has 2 aromatic rings. The van der Waals surface area contributed by atoms with Gasteiger partial charge in [-0.15, -0.1) is 0 Å². The first-order valence-corrected chi connectivity index (χ1v) is 8.12. The lowest BCUT2D eigenvalue weighted by Crippen LogP contribution is -2.45. The highest BCUT2D eigenvalue weighted by Gasteiger charge is 2.30. The summed E-state index contributed by atoms with van der Waals surface area (Å²) in [5, 5.41) is 0.661. The Morgan fingerprint density at radius 2 is 2.10 bits per heavy atom. The van der Waals surface area contributed by atoms with Gasteiger partial charge in [-0.2, -0.15) is 4.31 Å². The van der Waals surface area contributed by atoms with Crippen molar-refractivity contribution < 1.29 is 8.42 Å². The van der Waals surface area contributed by atoms with Crippen molar-refractivity contribution in [2.24, 2.45) is 5.73 Å². The van der Waals surface area contributed by atoms with Crippen molar-refractivity contribution in [3.8, 4) is 0 Å². The molecule has 1 aliphatic heterocycles. The van der Waals surface area contributed by atoms with Gasteiger partial charge in [-0.1, -0.05) is 6.07 Å². The molecule has 1 fully saturated rings. The molecular formula is C14H17N3O2S. The molecule has 106 valence electrons. The number of benzene rings is 1. The van der Waals surface area contributed by atoms with Crippen molar-refractivity contribution in [1.82, 2.24) is 9.29 Å². The van der Waals surface area contributed by atoms with Gasteiger partial charge >= 0.3 is 0 Å².